The van der Waals surface area contributed by atoms with Crippen LogP contribution >= 0.6 is 11.8 Å². The van der Waals surface area contributed by atoms with E-state index in [-0.39, 0.29) is 5.91 Å². The van der Waals surface area contributed by atoms with E-state index in [4.69, 9.17) is 0 Å². The normalized spacial score (nSPS) is 17.2. The fraction of sp³-hybridized carbons (Fsp3) is 0.471. The van der Waals surface area contributed by atoms with Gasteiger partial charge in [-0.3, -0.25) is 4.79 Å². The number of hydrogen-bond acceptors (Lipinski definition) is 4. The van der Waals surface area contributed by atoms with E-state index in [9.17, 15) is 4.79 Å². The van der Waals surface area contributed by atoms with Gasteiger partial charge in [0.05, 0.1) is 5.75 Å². The van der Waals surface area contributed by atoms with Gasteiger partial charge in [-0.05, 0) is 44.2 Å². The van der Waals surface area contributed by atoms with Crippen molar-refractivity contribution in [3.8, 4) is 0 Å². The van der Waals surface area contributed by atoms with Gasteiger partial charge in [0.25, 0.3) is 0 Å². The summed E-state index contributed by atoms with van der Waals surface area (Å²) in [4.78, 5) is 14.6. The zero-order chi connectivity index (χ0) is 15.8. The van der Waals surface area contributed by atoms with Crippen LogP contribution in [0.25, 0.3) is 0 Å². The van der Waals surface area contributed by atoms with Crippen molar-refractivity contribution in [3.63, 3.8) is 0 Å². The molecule has 1 aliphatic carbocycles. The van der Waals surface area contributed by atoms with Gasteiger partial charge in [0.2, 0.25) is 5.91 Å². The lowest BCUT2D eigenvalue weighted by molar-refractivity contribution is -0.116. The molecular formula is C17H20N4OS. The monoisotopic (exact) mass is 328 g/mol. The number of carbonyl (C=O) groups excluding carboxylic acids is 1. The molecule has 120 valence electrons. The molecule has 1 aromatic heterocycles. The first-order valence-corrected chi connectivity index (χ1v) is 9.15. The number of hydrogen-bond donors (Lipinski definition) is 0. The van der Waals surface area contributed by atoms with Crippen molar-refractivity contribution < 1.29 is 4.79 Å². The van der Waals surface area contributed by atoms with Crippen molar-refractivity contribution in [2.45, 2.75) is 43.8 Å². The van der Waals surface area contributed by atoms with E-state index < -0.39 is 0 Å². The summed E-state index contributed by atoms with van der Waals surface area (Å²) in [5, 5.41) is 9.29. The molecule has 1 fully saturated rings. The number of thioether (sulfide) groups is 1. The minimum absolute atomic E-state index is 0.158. The molecule has 0 bridgehead atoms. The Morgan fingerprint density at radius 3 is 2.96 bits per heavy atom. The molecule has 23 heavy (non-hydrogen) atoms. The number of aromatic nitrogens is 3. The van der Waals surface area contributed by atoms with Gasteiger partial charge in [0.15, 0.2) is 5.16 Å². The number of rotatable bonds is 4. The first-order chi connectivity index (χ1) is 11.2. The van der Waals surface area contributed by atoms with Crippen LogP contribution in [0.5, 0.6) is 0 Å². The summed E-state index contributed by atoms with van der Waals surface area (Å²) in [6.07, 6.45) is 4.48. The second kappa shape index (κ2) is 6.00. The van der Waals surface area contributed by atoms with Gasteiger partial charge in [0, 0.05) is 18.3 Å². The highest BCUT2D eigenvalue weighted by Gasteiger charge is 2.29. The van der Waals surface area contributed by atoms with Crippen molar-refractivity contribution in [2.24, 2.45) is 0 Å². The Labute approximate surface area is 140 Å². The lowest BCUT2D eigenvalue weighted by Gasteiger charge is -2.29. The zero-order valence-electron chi connectivity index (χ0n) is 13.2. The number of carbonyl (C=O) groups is 1. The van der Waals surface area contributed by atoms with Crippen LogP contribution in [0.15, 0.2) is 29.4 Å². The smallest absolute Gasteiger partial charge is 0.237 e. The Bertz CT molecular complexity index is 738. The first-order valence-electron chi connectivity index (χ1n) is 8.16. The van der Waals surface area contributed by atoms with E-state index in [1.54, 1.807) is 0 Å². The number of amides is 1. The van der Waals surface area contributed by atoms with E-state index in [0.29, 0.717) is 11.8 Å². The van der Waals surface area contributed by atoms with E-state index in [2.05, 4.69) is 20.8 Å². The van der Waals surface area contributed by atoms with Crippen LogP contribution in [-0.4, -0.2) is 33.0 Å². The van der Waals surface area contributed by atoms with E-state index in [1.165, 1.54) is 30.2 Å². The molecule has 0 unspecified atom stereocenters. The Balaban J connectivity index is 1.47. The average Bonchev–Trinajstić information content (AvgIpc) is 3.35. The number of nitrogens with zero attached hydrogens (tertiary/aromatic N) is 4. The molecule has 6 heteroatoms. The lowest BCUT2D eigenvalue weighted by Crippen LogP contribution is -2.36. The van der Waals surface area contributed by atoms with Gasteiger partial charge in [-0.1, -0.05) is 30.0 Å². The molecule has 2 heterocycles. The van der Waals surface area contributed by atoms with E-state index in [0.717, 1.165) is 36.1 Å². The van der Waals surface area contributed by atoms with Gasteiger partial charge < -0.3 is 9.47 Å². The quantitative estimate of drug-likeness (QED) is 0.810. The van der Waals surface area contributed by atoms with Crippen LogP contribution in [0, 0.1) is 6.92 Å². The maximum atomic E-state index is 12.7. The predicted molar refractivity (Wildman–Crippen MR) is 90.9 cm³/mol. The standard InChI is InChI=1S/C17H20N4OS/c1-12-18-19-17(21(12)14-8-9-14)23-11-16(22)20-10-4-6-13-5-2-3-7-15(13)20/h2-3,5,7,14H,4,6,8-11H2,1H3. The van der Waals surface area contributed by atoms with Crippen LogP contribution in [0.1, 0.15) is 36.7 Å². The van der Waals surface area contributed by atoms with Crippen molar-refractivity contribution in [1.29, 1.82) is 0 Å². The summed E-state index contributed by atoms with van der Waals surface area (Å²) in [6, 6.07) is 8.76. The molecule has 0 saturated heterocycles. The molecule has 0 spiro atoms. The molecule has 2 aliphatic rings. The highest BCUT2D eigenvalue weighted by atomic mass is 32.2. The number of fused-ring (bicyclic) bond motifs is 1. The third-order valence-electron chi connectivity index (χ3n) is 4.48. The summed E-state index contributed by atoms with van der Waals surface area (Å²) in [6.45, 7) is 2.79. The Morgan fingerprint density at radius 1 is 1.30 bits per heavy atom. The largest absolute Gasteiger partial charge is 0.311 e. The van der Waals surface area contributed by atoms with Crippen LogP contribution in [0.4, 0.5) is 5.69 Å². The SMILES string of the molecule is Cc1nnc(SCC(=O)N2CCCc3ccccc32)n1C1CC1. The third-order valence-corrected chi connectivity index (χ3v) is 5.41. The van der Waals surface area contributed by atoms with Crippen molar-refractivity contribution in [2.75, 3.05) is 17.2 Å². The third kappa shape index (κ3) is 2.87. The van der Waals surface area contributed by atoms with Crippen LogP contribution < -0.4 is 4.90 Å². The van der Waals surface area contributed by atoms with Gasteiger partial charge in [-0.15, -0.1) is 10.2 Å². The topological polar surface area (TPSA) is 51.0 Å². The molecule has 1 saturated carbocycles. The van der Waals surface area contributed by atoms with Crippen molar-refractivity contribution in [1.82, 2.24) is 14.8 Å². The second-order valence-corrected chi connectivity index (χ2v) is 7.14. The molecule has 2 aromatic rings. The molecule has 0 N–H and O–H groups in total. The molecule has 5 nitrogen and oxygen atoms in total. The molecule has 1 aliphatic heterocycles. The molecule has 0 radical (unpaired) electrons. The first kappa shape index (κ1) is 14.8. The van der Waals surface area contributed by atoms with Crippen LogP contribution in [0.3, 0.4) is 0 Å². The molecule has 0 atom stereocenters. The zero-order valence-corrected chi connectivity index (χ0v) is 14.1. The summed E-state index contributed by atoms with van der Waals surface area (Å²) in [7, 11) is 0. The van der Waals surface area contributed by atoms with Crippen molar-refractivity contribution >= 4 is 23.4 Å². The average molecular weight is 328 g/mol. The van der Waals surface area contributed by atoms with Gasteiger partial charge in [-0.25, -0.2) is 0 Å². The molecule has 1 amide bonds. The minimum Gasteiger partial charge on any atom is -0.311 e. The van der Waals surface area contributed by atoms with Crippen LogP contribution in [0.2, 0.25) is 0 Å². The summed E-state index contributed by atoms with van der Waals surface area (Å²) >= 11 is 1.51. The predicted octanol–water partition coefficient (Wildman–Crippen LogP) is 2.99. The second-order valence-electron chi connectivity index (χ2n) is 6.20. The molecular weight excluding hydrogens is 308 g/mol. The fourth-order valence-corrected chi connectivity index (χ4v) is 4.13. The highest BCUT2D eigenvalue weighted by molar-refractivity contribution is 7.99. The number of para-hydroxylation sites is 1. The summed E-state index contributed by atoms with van der Waals surface area (Å²) < 4.78 is 2.18. The maximum Gasteiger partial charge on any atom is 0.237 e. The Hall–Kier alpha value is -1.82. The van der Waals surface area contributed by atoms with Gasteiger partial charge >= 0.3 is 0 Å². The number of anilines is 1. The van der Waals surface area contributed by atoms with E-state index in [1.807, 2.05) is 30.0 Å². The summed E-state index contributed by atoms with van der Waals surface area (Å²) in [5.41, 5.74) is 2.35. The van der Waals surface area contributed by atoms with Crippen molar-refractivity contribution in [3.05, 3.63) is 35.7 Å². The highest BCUT2D eigenvalue weighted by Crippen LogP contribution is 2.38. The van der Waals surface area contributed by atoms with Gasteiger partial charge in [0.1, 0.15) is 5.82 Å². The number of benzene rings is 1. The molecule has 1 aromatic carbocycles. The number of aryl methyl sites for hydroxylation is 2. The Kier molecular flexibility index (Phi) is 3.85. The summed E-state index contributed by atoms with van der Waals surface area (Å²) in [5.74, 6) is 1.52. The van der Waals surface area contributed by atoms with E-state index >= 15 is 0 Å². The minimum atomic E-state index is 0.158. The van der Waals surface area contributed by atoms with Gasteiger partial charge in [-0.2, -0.15) is 0 Å². The maximum absolute atomic E-state index is 12.7. The Morgan fingerprint density at radius 2 is 2.13 bits per heavy atom. The van der Waals surface area contributed by atoms with Crippen LogP contribution in [-0.2, 0) is 11.2 Å². The fourth-order valence-electron chi connectivity index (χ4n) is 3.20. The molecule has 4 rings (SSSR count). The lowest BCUT2D eigenvalue weighted by atomic mass is 10.0.